The zero-order valence-corrected chi connectivity index (χ0v) is 20.2. The van der Waals surface area contributed by atoms with E-state index in [1.54, 1.807) is 23.6 Å². The molecule has 0 bridgehead atoms. The Morgan fingerprint density at radius 1 is 1.12 bits per heavy atom. The van der Waals surface area contributed by atoms with Gasteiger partial charge in [-0.3, -0.25) is 14.3 Å². The van der Waals surface area contributed by atoms with Crippen molar-refractivity contribution < 1.29 is 4.79 Å². The highest BCUT2D eigenvalue weighted by molar-refractivity contribution is 7.98. The lowest BCUT2D eigenvalue weighted by Crippen LogP contribution is -2.23. The maximum Gasteiger partial charge on any atom is 0.230 e. The smallest absolute Gasteiger partial charge is 0.230 e. The van der Waals surface area contributed by atoms with Crippen molar-refractivity contribution in [1.29, 1.82) is 0 Å². The number of carbonyl (C=O) groups is 1. The number of rotatable bonds is 7. The Morgan fingerprint density at radius 2 is 1.94 bits per heavy atom. The van der Waals surface area contributed by atoms with E-state index in [4.69, 9.17) is 4.98 Å². The molecule has 0 unspecified atom stereocenters. The van der Waals surface area contributed by atoms with Crippen molar-refractivity contribution in [2.24, 2.45) is 0 Å². The van der Waals surface area contributed by atoms with Gasteiger partial charge >= 0.3 is 0 Å². The van der Waals surface area contributed by atoms with Crippen molar-refractivity contribution in [3.05, 3.63) is 76.6 Å². The molecule has 32 heavy (non-hydrogen) atoms. The van der Waals surface area contributed by atoms with Gasteiger partial charge < -0.3 is 0 Å². The summed E-state index contributed by atoms with van der Waals surface area (Å²) in [5.74, 6) is 1.44. The Bertz CT molecular complexity index is 1250. The first kappa shape index (κ1) is 22.2. The molecule has 0 saturated heterocycles. The first-order valence-corrected chi connectivity index (χ1v) is 12.3. The van der Waals surface area contributed by atoms with Crippen molar-refractivity contribution in [1.82, 2.24) is 19.7 Å². The fraction of sp³-hybridized carbons (Fsp3) is 0.250. The summed E-state index contributed by atoms with van der Waals surface area (Å²) in [6.45, 7) is 7.70. The minimum Gasteiger partial charge on any atom is -0.274 e. The number of carbonyl (C=O) groups excluding carboxylic acids is 1. The van der Waals surface area contributed by atoms with Gasteiger partial charge in [-0.05, 0) is 49.6 Å². The van der Waals surface area contributed by atoms with Crippen LogP contribution in [0, 0.1) is 13.8 Å². The number of amides is 1. The first-order valence-electron chi connectivity index (χ1n) is 10.4. The number of thiazole rings is 1. The number of benzene rings is 2. The van der Waals surface area contributed by atoms with Gasteiger partial charge in [-0.1, -0.05) is 49.0 Å². The fourth-order valence-electron chi connectivity index (χ4n) is 3.54. The van der Waals surface area contributed by atoms with Crippen LogP contribution >= 0.6 is 23.1 Å². The Labute approximate surface area is 196 Å². The zero-order valence-electron chi connectivity index (χ0n) is 18.6. The molecule has 2 heterocycles. The van der Waals surface area contributed by atoms with Gasteiger partial charge in [-0.25, -0.2) is 4.98 Å². The molecule has 0 aliphatic heterocycles. The lowest BCUT2D eigenvalue weighted by atomic mass is 10.1. The molecule has 0 aliphatic rings. The predicted octanol–water partition coefficient (Wildman–Crippen LogP) is 5.88. The highest BCUT2D eigenvalue weighted by Crippen LogP contribution is 2.33. The fourth-order valence-corrected chi connectivity index (χ4v) is 5.42. The maximum atomic E-state index is 12.5. The Morgan fingerprint density at radius 3 is 2.69 bits per heavy atom. The molecule has 0 saturated carbocycles. The SMILES string of the molecule is CCc1ccccc1N(C(C)=O)c1nc(CSc2nnc(C)n2-c2cccc(C)c2)cs1. The van der Waals surface area contributed by atoms with E-state index in [-0.39, 0.29) is 5.91 Å². The summed E-state index contributed by atoms with van der Waals surface area (Å²) in [5, 5.41) is 12.2. The second-order valence-corrected chi connectivity index (χ2v) is 9.23. The van der Waals surface area contributed by atoms with E-state index in [2.05, 4.69) is 52.9 Å². The molecule has 0 atom stereocenters. The number of hydrogen-bond donors (Lipinski definition) is 0. The standard InChI is InChI=1S/C24H25N5OS2/c1-5-19-10-6-7-12-22(19)29(18(4)30)23-25-20(14-31-23)15-32-24-27-26-17(3)28(24)21-11-8-9-16(2)13-21/h6-14H,5,15H2,1-4H3. The highest BCUT2D eigenvalue weighted by Gasteiger charge is 2.20. The molecule has 6 nitrogen and oxygen atoms in total. The van der Waals surface area contributed by atoms with E-state index in [1.807, 2.05) is 36.6 Å². The van der Waals surface area contributed by atoms with Crippen molar-refractivity contribution >= 4 is 39.8 Å². The number of anilines is 2. The van der Waals surface area contributed by atoms with Crippen molar-refractivity contribution in [2.75, 3.05) is 4.90 Å². The van der Waals surface area contributed by atoms with Gasteiger partial charge in [0.1, 0.15) is 5.82 Å². The lowest BCUT2D eigenvalue weighted by Gasteiger charge is -2.20. The van der Waals surface area contributed by atoms with Crippen LogP contribution in [0.4, 0.5) is 10.8 Å². The number of thioether (sulfide) groups is 1. The summed E-state index contributed by atoms with van der Waals surface area (Å²) in [6.07, 6.45) is 0.849. The molecular formula is C24H25N5OS2. The molecule has 0 fully saturated rings. The van der Waals surface area contributed by atoms with Crippen LogP contribution in [0.1, 0.15) is 36.5 Å². The first-order chi connectivity index (χ1) is 15.5. The average Bonchev–Trinajstić information content (AvgIpc) is 3.39. The molecule has 164 valence electrons. The monoisotopic (exact) mass is 463 g/mol. The van der Waals surface area contributed by atoms with Crippen LogP contribution in [0.3, 0.4) is 0 Å². The molecule has 0 N–H and O–H groups in total. The Kier molecular flexibility index (Phi) is 6.72. The second kappa shape index (κ2) is 9.67. The molecule has 0 aliphatic carbocycles. The molecule has 8 heteroatoms. The largest absolute Gasteiger partial charge is 0.274 e. The van der Waals surface area contributed by atoms with Gasteiger partial charge in [-0.2, -0.15) is 0 Å². The van der Waals surface area contributed by atoms with E-state index in [1.165, 1.54) is 16.9 Å². The van der Waals surface area contributed by atoms with E-state index in [0.717, 1.165) is 40.0 Å². The van der Waals surface area contributed by atoms with Crippen LogP contribution in [0.5, 0.6) is 0 Å². The number of hydrogen-bond acceptors (Lipinski definition) is 6. The van der Waals surface area contributed by atoms with Gasteiger partial charge in [0.25, 0.3) is 0 Å². The van der Waals surface area contributed by atoms with Crippen LogP contribution in [0.15, 0.2) is 59.1 Å². The lowest BCUT2D eigenvalue weighted by molar-refractivity contribution is -0.115. The summed E-state index contributed by atoms with van der Waals surface area (Å²) >= 11 is 3.07. The minimum absolute atomic E-state index is 0.0470. The van der Waals surface area contributed by atoms with E-state index >= 15 is 0 Å². The van der Waals surface area contributed by atoms with E-state index < -0.39 is 0 Å². The number of para-hydroxylation sites is 1. The molecule has 2 aromatic heterocycles. The number of aromatic nitrogens is 4. The molecule has 4 rings (SSSR count). The predicted molar refractivity (Wildman–Crippen MR) is 131 cm³/mol. The van der Waals surface area contributed by atoms with Gasteiger partial charge in [0.2, 0.25) is 5.91 Å². The third-order valence-electron chi connectivity index (χ3n) is 5.06. The summed E-state index contributed by atoms with van der Waals surface area (Å²) in [6, 6.07) is 16.3. The summed E-state index contributed by atoms with van der Waals surface area (Å²) in [4.78, 5) is 19.0. The minimum atomic E-state index is -0.0470. The van der Waals surface area contributed by atoms with Gasteiger partial charge in [-0.15, -0.1) is 21.5 Å². The zero-order chi connectivity index (χ0) is 22.7. The number of nitrogens with zero attached hydrogens (tertiary/aromatic N) is 5. The summed E-state index contributed by atoms with van der Waals surface area (Å²) < 4.78 is 2.06. The third kappa shape index (κ3) is 4.61. The van der Waals surface area contributed by atoms with E-state index in [0.29, 0.717) is 10.9 Å². The van der Waals surface area contributed by atoms with Crippen LogP contribution in [-0.2, 0) is 17.0 Å². The summed E-state index contributed by atoms with van der Waals surface area (Å²) in [7, 11) is 0. The van der Waals surface area contributed by atoms with Crippen molar-refractivity contribution in [3.8, 4) is 5.69 Å². The molecular weight excluding hydrogens is 438 g/mol. The normalized spacial score (nSPS) is 11.0. The Balaban J connectivity index is 1.56. The van der Waals surface area contributed by atoms with Gasteiger partial charge in [0, 0.05) is 23.7 Å². The van der Waals surface area contributed by atoms with Gasteiger partial charge in [0.05, 0.1) is 11.4 Å². The second-order valence-electron chi connectivity index (χ2n) is 7.45. The summed E-state index contributed by atoms with van der Waals surface area (Å²) in [5.41, 5.74) is 5.16. The molecule has 0 radical (unpaired) electrons. The molecule has 2 aromatic carbocycles. The Hall–Kier alpha value is -2.97. The van der Waals surface area contributed by atoms with Gasteiger partial charge in [0.15, 0.2) is 10.3 Å². The van der Waals surface area contributed by atoms with Crippen LogP contribution in [0.2, 0.25) is 0 Å². The third-order valence-corrected chi connectivity index (χ3v) is 6.90. The van der Waals surface area contributed by atoms with Crippen molar-refractivity contribution in [2.45, 2.75) is 45.0 Å². The highest BCUT2D eigenvalue weighted by atomic mass is 32.2. The van der Waals surface area contributed by atoms with E-state index in [9.17, 15) is 4.79 Å². The van der Waals surface area contributed by atoms with Crippen molar-refractivity contribution in [3.63, 3.8) is 0 Å². The number of aryl methyl sites for hydroxylation is 3. The van der Waals surface area contributed by atoms with Crippen LogP contribution in [-0.4, -0.2) is 25.7 Å². The average molecular weight is 464 g/mol. The van der Waals surface area contributed by atoms with Crippen LogP contribution in [0.25, 0.3) is 5.69 Å². The topological polar surface area (TPSA) is 63.9 Å². The van der Waals surface area contributed by atoms with Crippen LogP contribution < -0.4 is 4.90 Å². The molecule has 4 aromatic rings. The maximum absolute atomic E-state index is 12.5. The molecule has 1 amide bonds. The quantitative estimate of drug-likeness (QED) is 0.320. The molecule has 0 spiro atoms.